The van der Waals surface area contributed by atoms with Gasteiger partial charge in [0.1, 0.15) is 5.01 Å². The molecule has 0 bridgehead atoms. The van der Waals surface area contributed by atoms with Crippen LogP contribution in [0.25, 0.3) is 10.6 Å². The lowest BCUT2D eigenvalue weighted by atomic mass is 10.2. The van der Waals surface area contributed by atoms with Gasteiger partial charge in [-0.1, -0.05) is 23.5 Å². The maximum atomic E-state index is 5.40. The minimum absolute atomic E-state index is 0.261. The fourth-order valence-electron chi connectivity index (χ4n) is 2.40. The van der Waals surface area contributed by atoms with E-state index in [4.69, 9.17) is 9.47 Å². The van der Waals surface area contributed by atoms with E-state index < -0.39 is 0 Å². The predicted octanol–water partition coefficient (Wildman–Crippen LogP) is 3.75. The van der Waals surface area contributed by atoms with E-state index in [0.29, 0.717) is 5.13 Å². The average molecular weight is 352 g/mol. The summed E-state index contributed by atoms with van der Waals surface area (Å²) in [6.07, 6.45) is 1.80. The molecule has 126 valence electrons. The second-order valence-corrected chi connectivity index (χ2v) is 6.66. The van der Waals surface area contributed by atoms with Crippen LogP contribution in [0, 0.1) is 0 Å². The lowest BCUT2D eigenvalue weighted by Crippen LogP contribution is -2.08. The second-order valence-electron chi connectivity index (χ2n) is 5.70. The van der Waals surface area contributed by atoms with Gasteiger partial charge in [-0.05, 0) is 35.9 Å². The van der Waals surface area contributed by atoms with Crippen molar-refractivity contribution in [3.63, 3.8) is 0 Å². The predicted molar refractivity (Wildman–Crippen MR) is 99.5 cm³/mol. The minimum atomic E-state index is 0.261. The zero-order valence-electron chi connectivity index (χ0n) is 13.8. The molecule has 1 aliphatic rings. The molecule has 25 heavy (non-hydrogen) atoms. The van der Waals surface area contributed by atoms with Crippen molar-refractivity contribution in [2.75, 3.05) is 25.8 Å². The summed E-state index contributed by atoms with van der Waals surface area (Å²) >= 11 is 1.43. The highest BCUT2D eigenvalue weighted by molar-refractivity contribution is 7.18. The highest BCUT2D eigenvalue weighted by Gasteiger charge is 2.15. The van der Waals surface area contributed by atoms with Crippen LogP contribution in [-0.4, -0.2) is 37.3 Å². The normalized spacial score (nSPS) is 12.7. The number of nitrogens with zero attached hydrogens (tertiary/aromatic N) is 4. The van der Waals surface area contributed by atoms with Crippen LogP contribution in [0.4, 0.5) is 10.8 Å². The van der Waals surface area contributed by atoms with Crippen LogP contribution in [-0.2, 0) is 0 Å². The number of benzene rings is 2. The molecule has 3 aromatic rings. The second kappa shape index (κ2) is 6.52. The SMILES string of the molecule is CN(C)c1ccc(/C=N/c2nnc(-c3ccc4c(c3)OCO4)s2)cc1. The van der Waals surface area contributed by atoms with Crippen LogP contribution in [0.15, 0.2) is 47.5 Å². The van der Waals surface area contributed by atoms with Gasteiger partial charge in [0.15, 0.2) is 11.5 Å². The number of anilines is 1. The molecule has 1 aliphatic heterocycles. The van der Waals surface area contributed by atoms with Crippen molar-refractivity contribution in [1.29, 1.82) is 0 Å². The first-order valence-corrected chi connectivity index (χ1v) is 8.56. The molecule has 2 aromatic carbocycles. The lowest BCUT2D eigenvalue weighted by molar-refractivity contribution is 0.174. The quantitative estimate of drug-likeness (QED) is 0.669. The maximum Gasteiger partial charge on any atom is 0.231 e. The van der Waals surface area contributed by atoms with Gasteiger partial charge in [-0.2, -0.15) is 0 Å². The Balaban J connectivity index is 1.51. The molecule has 6 nitrogen and oxygen atoms in total. The fourth-order valence-corrected chi connectivity index (χ4v) is 3.09. The minimum Gasteiger partial charge on any atom is -0.454 e. The monoisotopic (exact) mass is 352 g/mol. The Morgan fingerprint density at radius 2 is 1.84 bits per heavy atom. The van der Waals surface area contributed by atoms with Gasteiger partial charge >= 0.3 is 0 Å². The molecule has 0 unspecified atom stereocenters. The molecule has 0 saturated carbocycles. The fraction of sp³-hybridized carbons (Fsp3) is 0.167. The van der Waals surface area contributed by atoms with Crippen molar-refractivity contribution in [2.24, 2.45) is 4.99 Å². The Morgan fingerprint density at radius 1 is 1.04 bits per heavy atom. The van der Waals surface area contributed by atoms with Crippen molar-refractivity contribution < 1.29 is 9.47 Å². The summed E-state index contributed by atoms with van der Waals surface area (Å²) in [5.41, 5.74) is 3.11. The zero-order chi connectivity index (χ0) is 17.2. The van der Waals surface area contributed by atoms with Gasteiger partial charge in [0, 0.05) is 31.6 Å². The van der Waals surface area contributed by atoms with Gasteiger partial charge in [-0.25, -0.2) is 4.99 Å². The largest absolute Gasteiger partial charge is 0.454 e. The van der Waals surface area contributed by atoms with Crippen molar-refractivity contribution in [1.82, 2.24) is 10.2 Å². The average Bonchev–Trinajstić information content (AvgIpc) is 3.28. The summed E-state index contributed by atoms with van der Waals surface area (Å²) in [6.45, 7) is 0.261. The summed E-state index contributed by atoms with van der Waals surface area (Å²) in [5.74, 6) is 1.49. The van der Waals surface area contributed by atoms with E-state index in [1.165, 1.54) is 11.3 Å². The smallest absolute Gasteiger partial charge is 0.231 e. The van der Waals surface area contributed by atoms with Gasteiger partial charge in [-0.3, -0.25) is 0 Å². The zero-order valence-corrected chi connectivity index (χ0v) is 14.7. The number of hydrogen-bond acceptors (Lipinski definition) is 7. The summed E-state index contributed by atoms with van der Waals surface area (Å²) < 4.78 is 10.7. The molecule has 0 saturated heterocycles. The molecule has 0 spiro atoms. The molecule has 0 radical (unpaired) electrons. The Hall–Kier alpha value is -2.93. The third-order valence-electron chi connectivity index (χ3n) is 3.77. The summed E-state index contributed by atoms with van der Waals surface area (Å²) in [4.78, 5) is 6.48. The number of hydrogen-bond donors (Lipinski definition) is 0. The standard InChI is InChI=1S/C18H16N4O2S/c1-22(2)14-6-3-12(4-7-14)10-19-18-21-20-17(25-18)13-5-8-15-16(9-13)24-11-23-15/h3-10H,11H2,1-2H3/b19-10+. The third-order valence-corrected chi connectivity index (χ3v) is 4.65. The summed E-state index contributed by atoms with van der Waals surface area (Å²) in [7, 11) is 4.03. The van der Waals surface area contributed by atoms with E-state index in [1.807, 2.05) is 44.4 Å². The molecule has 2 heterocycles. The molecule has 0 atom stereocenters. The van der Waals surface area contributed by atoms with Crippen LogP contribution < -0.4 is 14.4 Å². The Bertz CT molecular complexity index is 919. The van der Waals surface area contributed by atoms with Crippen molar-refractivity contribution in [3.8, 4) is 22.1 Å². The number of aliphatic imine (C=N–C) groups is 1. The highest BCUT2D eigenvalue weighted by atomic mass is 32.1. The van der Waals surface area contributed by atoms with Gasteiger partial charge < -0.3 is 14.4 Å². The lowest BCUT2D eigenvalue weighted by Gasteiger charge is -2.11. The van der Waals surface area contributed by atoms with E-state index in [0.717, 1.165) is 33.3 Å². The highest BCUT2D eigenvalue weighted by Crippen LogP contribution is 2.37. The number of rotatable bonds is 4. The topological polar surface area (TPSA) is 59.8 Å². The molecule has 0 fully saturated rings. The van der Waals surface area contributed by atoms with Crippen LogP contribution in [0.5, 0.6) is 11.5 Å². The number of fused-ring (bicyclic) bond motifs is 1. The van der Waals surface area contributed by atoms with Crippen LogP contribution in [0.3, 0.4) is 0 Å². The van der Waals surface area contributed by atoms with Gasteiger partial charge in [0.2, 0.25) is 11.9 Å². The first kappa shape index (κ1) is 15.6. The molecule has 4 rings (SSSR count). The molecule has 0 amide bonds. The third kappa shape index (κ3) is 3.32. The van der Waals surface area contributed by atoms with Crippen molar-refractivity contribution in [3.05, 3.63) is 48.0 Å². The first-order chi connectivity index (χ1) is 12.2. The Labute approximate surface area is 149 Å². The van der Waals surface area contributed by atoms with Crippen molar-refractivity contribution >= 4 is 28.4 Å². The van der Waals surface area contributed by atoms with Gasteiger partial charge in [0.05, 0.1) is 0 Å². The Kier molecular flexibility index (Phi) is 4.07. The van der Waals surface area contributed by atoms with E-state index in [-0.39, 0.29) is 6.79 Å². The summed E-state index contributed by atoms with van der Waals surface area (Å²) in [5, 5.41) is 9.77. The van der Waals surface area contributed by atoms with E-state index in [1.54, 1.807) is 6.21 Å². The molecular weight excluding hydrogens is 336 g/mol. The van der Waals surface area contributed by atoms with Crippen LogP contribution >= 0.6 is 11.3 Å². The number of aromatic nitrogens is 2. The van der Waals surface area contributed by atoms with Crippen molar-refractivity contribution in [2.45, 2.75) is 0 Å². The van der Waals surface area contributed by atoms with E-state index in [9.17, 15) is 0 Å². The van der Waals surface area contributed by atoms with Gasteiger partial charge in [-0.15, -0.1) is 10.2 Å². The maximum absolute atomic E-state index is 5.40. The molecule has 1 aromatic heterocycles. The van der Waals surface area contributed by atoms with E-state index >= 15 is 0 Å². The Morgan fingerprint density at radius 3 is 2.64 bits per heavy atom. The van der Waals surface area contributed by atoms with Crippen LogP contribution in [0.2, 0.25) is 0 Å². The van der Waals surface area contributed by atoms with Crippen LogP contribution in [0.1, 0.15) is 5.56 Å². The molecule has 0 N–H and O–H groups in total. The summed E-state index contributed by atoms with van der Waals surface area (Å²) in [6, 6.07) is 13.9. The van der Waals surface area contributed by atoms with Gasteiger partial charge in [0.25, 0.3) is 0 Å². The molecule has 7 heteroatoms. The molecular formula is C18H16N4O2S. The van der Waals surface area contributed by atoms with E-state index in [2.05, 4.69) is 32.2 Å². The number of ether oxygens (including phenoxy) is 2. The first-order valence-electron chi connectivity index (χ1n) is 7.74. The molecule has 0 aliphatic carbocycles.